The molecule has 0 atom stereocenters. The molecule has 1 aromatic carbocycles. The van der Waals surface area contributed by atoms with Crippen LogP contribution in [0.4, 0.5) is 5.82 Å². The van der Waals surface area contributed by atoms with Crippen molar-refractivity contribution in [1.29, 1.82) is 0 Å². The molecule has 0 saturated heterocycles. The minimum Gasteiger partial charge on any atom is -0.383 e. The third-order valence-corrected chi connectivity index (χ3v) is 3.28. The van der Waals surface area contributed by atoms with Gasteiger partial charge in [0.15, 0.2) is 0 Å². The van der Waals surface area contributed by atoms with E-state index in [-0.39, 0.29) is 0 Å². The second-order valence-corrected chi connectivity index (χ2v) is 4.59. The van der Waals surface area contributed by atoms with Gasteiger partial charge >= 0.3 is 0 Å². The number of nitrogens with zero attached hydrogens (tertiary/aromatic N) is 1. The molecule has 0 amide bonds. The van der Waals surface area contributed by atoms with Crippen LogP contribution in [-0.4, -0.2) is 4.98 Å². The van der Waals surface area contributed by atoms with Crippen LogP contribution in [-0.2, 0) is 6.42 Å². The lowest BCUT2D eigenvalue weighted by atomic mass is 9.98. The van der Waals surface area contributed by atoms with Gasteiger partial charge in [0.1, 0.15) is 5.82 Å². The first-order chi connectivity index (χ1) is 8.08. The molecule has 2 rings (SSSR count). The number of aromatic nitrogens is 1. The second-order valence-electron chi connectivity index (χ2n) is 4.59. The predicted octanol–water partition coefficient (Wildman–Crippen LogP) is 3.18. The Labute approximate surface area is 103 Å². The van der Waals surface area contributed by atoms with Gasteiger partial charge in [0.2, 0.25) is 0 Å². The molecule has 1 aromatic heterocycles. The van der Waals surface area contributed by atoms with Gasteiger partial charge in [-0.2, -0.15) is 0 Å². The summed E-state index contributed by atoms with van der Waals surface area (Å²) in [7, 11) is 0. The van der Waals surface area contributed by atoms with Gasteiger partial charge < -0.3 is 5.73 Å². The smallest absolute Gasteiger partial charge is 0.127 e. The number of benzene rings is 1. The van der Waals surface area contributed by atoms with E-state index in [4.69, 9.17) is 5.73 Å². The van der Waals surface area contributed by atoms with Gasteiger partial charge in [-0.25, -0.2) is 4.98 Å². The summed E-state index contributed by atoms with van der Waals surface area (Å²) in [6.07, 6.45) is 2.61. The van der Waals surface area contributed by atoms with Crippen LogP contribution < -0.4 is 5.73 Å². The van der Waals surface area contributed by atoms with Gasteiger partial charge in [-0.15, -0.1) is 0 Å². The molecule has 0 aliphatic carbocycles. The molecule has 0 unspecified atom stereocenters. The zero-order valence-corrected chi connectivity index (χ0v) is 10.6. The molecule has 0 saturated carbocycles. The summed E-state index contributed by atoms with van der Waals surface area (Å²) < 4.78 is 0. The van der Waals surface area contributed by atoms with E-state index in [1.165, 1.54) is 22.3 Å². The summed E-state index contributed by atoms with van der Waals surface area (Å²) >= 11 is 0. The third kappa shape index (κ3) is 2.47. The highest BCUT2D eigenvalue weighted by Crippen LogP contribution is 2.19. The number of pyridine rings is 1. The first-order valence-electron chi connectivity index (χ1n) is 5.84. The fourth-order valence-electron chi connectivity index (χ4n) is 1.96. The van der Waals surface area contributed by atoms with E-state index in [0.29, 0.717) is 5.82 Å². The predicted molar refractivity (Wildman–Crippen MR) is 72.1 cm³/mol. The summed E-state index contributed by atoms with van der Waals surface area (Å²) in [5.41, 5.74) is 12.2. The largest absolute Gasteiger partial charge is 0.383 e. The molecule has 2 N–H and O–H groups in total. The van der Waals surface area contributed by atoms with Crippen molar-refractivity contribution in [2.75, 3.05) is 5.73 Å². The number of rotatable bonds is 2. The molecule has 0 aliphatic heterocycles. The van der Waals surface area contributed by atoms with Crippen molar-refractivity contribution in [3.8, 4) is 0 Å². The lowest BCUT2D eigenvalue weighted by molar-refractivity contribution is 1.11. The fourth-order valence-corrected chi connectivity index (χ4v) is 1.96. The van der Waals surface area contributed by atoms with Crippen molar-refractivity contribution in [2.45, 2.75) is 27.2 Å². The second kappa shape index (κ2) is 4.58. The lowest BCUT2D eigenvalue weighted by Gasteiger charge is -2.10. The van der Waals surface area contributed by atoms with Gasteiger partial charge in [0, 0.05) is 18.2 Å². The maximum atomic E-state index is 5.93. The highest BCUT2D eigenvalue weighted by Gasteiger charge is 2.06. The van der Waals surface area contributed by atoms with Gasteiger partial charge in [-0.3, -0.25) is 0 Å². The zero-order valence-electron chi connectivity index (χ0n) is 10.6. The van der Waals surface area contributed by atoms with Gasteiger partial charge in [0.25, 0.3) is 0 Å². The molecule has 0 spiro atoms. The Balaban J connectivity index is 2.35. The van der Waals surface area contributed by atoms with Gasteiger partial charge in [-0.05, 0) is 49.1 Å². The number of aryl methyl sites for hydroxylation is 3. The van der Waals surface area contributed by atoms with Crippen molar-refractivity contribution in [3.63, 3.8) is 0 Å². The van der Waals surface area contributed by atoms with E-state index in [0.717, 1.165) is 12.0 Å². The Kier molecular flexibility index (Phi) is 3.14. The van der Waals surface area contributed by atoms with Crippen molar-refractivity contribution < 1.29 is 0 Å². The molecule has 0 aliphatic rings. The van der Waals surface area contributed by atoms with Crippen molar-refractivity contribution in [2.24, 2.45) is 0 Å². The van der Waals surface area contributed by atoms with E-state index in [9.17, 15) is 0 Å². The Morgan fingerprint density at radius 2 is 1.76 bits per heavy atom. The van der Waals surface area contributed by atoms with E-state index < -0.39 is 0 Å². The average Bonchev–Trinajstić information content (AvgIpc) is 2.28. The fraction of sp³-hybridized carbons (Fsp3) is 0.267. The number of anilines is 1. The topological polar surface area (TPSA) is 38.9 Å². The monoisotopic (exact) mass is 226 g/mol. The van der Waals surface area contributed by atoms with Crippen LogP contribution in [0.15, 0.2) is 30.5 Å². The first-order valence-corrected chi connectivity index (χ1v) is 5.84. The zero-order chi connectivity index (χ0) is 12.4. The van der Waals surface area contributed by atoms with E-state index >= 15 is 0 Å². The van der Waals surface area contributed by atoms with Gasteiger partial charge in [-0.1, -0.05) is 18.2 Å². The third-order valence-electron chi connectivity index (χ3n) is 3.28. The normalized spacial score (nSPS) is 10.5. The molecule has 2 nitrogen and oxygen atoms in total. The first kappa shape index (κ1) is 11.6. The minimum absolute atomic E-state index is 0.642. The molecular weight excluding hydrogens is 208 g/mol. The standard InChI is InChI=1S/C15H18N2/c1-10-4-5-13(8-12(10)3)9-14-11(2)6-7-17-15(14)16/h4-8H,9H2,1-3H3,(H2,16,17). The summed E-state index contributed by atoms with van der Waals surface area (Å²) in [6.45, 7) is 6.34. The Bertz CT molecular complexity index is 524. The molecule has 2 heteroatoms. The highest BCUT2D eigenvalue weighted by molar-refractivity contribution is 5.47. The van der Waals surface area contributed by atoms with Crippen molar-refractivity contribution in [3.05, 3.63) is 58.3 Å². The number of hydrogen-bond acceptors (Lipinski definition) is 2. The quantitative estimate of drug-likeness (QED) is 0.854. The molecule has 0 bridgehead atoms. The maximum Gasteiger partial charge on any atom is 0.127 e. The molecule has 0 fully saturated rings. The Hall–Kier alpha value is -1.83. The summed E-state index contributed by atoms with van der Waals surface area (Å²) in [5.74, 6) is 0.642. The van der Waals surface area contributed by atoms with E-state index in [1.54, 1.807) is 6.20 Å². The minimum atomic E-state index is 0.642. The molecule has 17 heavy (non-hydrogen) atoms. The van der Waals surface area contributed by atoms with Crippen LogP contribution in [0.3, 0.4) is 0 Å². The molecule has 88 valence electrons. The SMILES string of the molecule is Cc1ccc(Cc2c(C)ccnc2N)cc1C. The number of hydrogen-bond donors (Lipinski definition) is 1. The Morgan fingerprint density at radius 1 is 1.00 bits per heavy atom. The molecule has 1 heterocycles. The van der Waals surface area contributed by atoms with E-state index in [2.05, 4.69) is 44.0 Å². The van der Waals surface area contributed by atoms with Crippen molar-refractivity contribution >= 4 is 5.82 Å². The average molecular weight is 226 g/mol. The molecule has 2 aromatic rings. The number of nitrogens with two attached hydrogens (primary N) is 1. The van der Waals surface area contributed by atoms with Crippen LogP contribution in [0, 0.1) is 20.8 Å². The van der Waals surface area contributed by atoms with Crippen LogP contribution in [0.25, 0.3) is 0 Å². The van der Waals surface area contributed by atoms with Crippen LogP contribution in [0.5, 0.6) is 0 Å². The van der Waals surface area contributed by atoms with Gasteiger partial charge in [0.05, 0.1) is 0 Å². The molecule has 0 radical (unpaired) electrons. The van der Waals surface area contributed by atoms with Crippen LogP contribution in [0.1, 0.15) is 27.8 Å². The lowest BCUT2D eigenvalue weighted by Crippen LogP contribution is -2.01. The number of nitrogen functional groups attached to an aromatic ring is 1. The summed E-state index contributed by atoms with van der Waals surface area (Å²) in [6, 6.07) is 8.55. The Morgan fingerprint density at radius 3 is 2.41 bits per heavy atom. The highest BCUT2D eigenvalue weighted by atomic mass is 14.8. The van der Waals surface area contributed by atoms with E-state index in [1.807, 2.05) is 6.07 Å². The molecular formula is C15H18N2. The summed E-state index contributed by atoms with van der Waals surface area (Å²) in [5, 5.41) is 0. The van der Waals surface area contributed by atoms with Crippen LogP contribution >= 0.6 is 0 Å². The van der Waals surface area contributed by atoms with Crippen LogP contribution in [0.2, 0.25) is 0 Å². The van der Waals surface area contributed by atoms with Crippen molar-refractivity contribution in [1.82, 2.24) is 4.98 Å². The maximum absolute atomic E-state index is 5.93. The summed E-state index contributed by atoms with van der Waals surface area (Å²) in [4.78, 5) is 4.15.